The molecule has 0 N–H and O–H groups in total. The van der Waals surface area contributed by atoms with Gasteiger partial charge in [0.2, 0.25) is 0 Å². The second-order valence-electron chi connectivity index (χ2n) is 22.7. The van der Waals surface area contributed by atoms with E-state index in [1.54, 1.807) is 11.1 Å². The molecule has 296 valence electrons. The van der Waals surface area contributed by atoms with Gasteiger partial charge in [0.25, 0.3) is 0 Å². The van der Waals surface area contributed by atoms with Crippen molar-refractivity contribution >= 4 is 28.8 Å². The van der Waals surface area contributed by atoms with Crippen LogP contribution in [-0.2, 0) is 27.1 Å². The summed E-state index contributed by atoms with van der Waals surface area (Å²) in [7, 11) is 0. The minimum absolute atomic E-state index is 0.0975. The molecule has 0 saturated heterocycles. The van der Waals surface area contributed by atoms with Gasteiger partial charge in [-0.25, -0.2) is 0 Å². The van der Waals surface area contributed by atoms with Gasteiger partial charge >= 0.3 is 0 Å². The molecular weight excluding hydrogens is 719 g/mol. The first-order chi connectivity index (χ1) is 27.6. The third-order valence-corrected chi connectivity index (χ3v) is 19.2. The first-order valence-corrected chi connectivity index (χ1v) is 23.6. The van der Waals surface area contributed by atoms with Gasteiger partial charge in [-0.1, -0.05) is 128 Å². The summed E-state index contributed by atoms with van der Waals surface area (Å²) in [6.07, 6.45) is 10.7. The van der Waals surface area contributed by atoms with Crippen LogP contribution in [0.5, 0.6) is 0 Å². The molecule has 5 aromatic carbocycles. The minimum atomic E-state index is 0.0975. The largest absolute Gasteiger partial charge is 0.310 e. The number of anilines is 3. The molecule has 12 rings (SSSR count). The van der Waals surface area contributed by atoms with Crippen molar-refractivity contribution in [3.05, 3.63) is 137 Å². The van der Waals surface area contributed by atoms with Gasteiger partial charge in [-0.3, -0.25) is 0 Å². The van der Waals surface area contributed by atoms with Gasteiger partial charge in [0.15, 0.2) is 0 Å². The number of hydrogen-bond donors (Lipinski definition) is 0. The fraction of sp³-hybridized carbons (Fsp3) is 0.464. The maximum Gasteiger partial charge on any atom is 0.0479 e. The molecule has 5 aromatic rings. The zero-order chi connectivity index (χ0) is 39.8. The van der Waals surface area contributed by atoms with Crippen molar-refractivity contribution in [3.8, 4) is 11.1 Å². The van der Waals surface area contributed by atoms with E-state index in [2.05, 4.69) is 175 Å². The molecule has 4 fully saturated rings. The minimum Gasteiger partial charge on any atom is -0.310 e. The molecule has 1 heterocycles. The highest BCUT2D eigenvalue weighted by Gasteiger charge is 2.84. The first kappa shape index (κ1) is 36.1. The average molecular weight is 780 g/mol. The van der Waals surface area contributed by atoms with Gasteiger partial charge in [-0.2, -0.15) is 0 Å². The molecule has 0 amide bonds. The number of rotatable bonds is 4. The summed E-state index contributed by atoms with van der Waals surface area (Å²) in [6.45, 7) is 19.7. The molecule has 58 heavy (non-hydrogen) atoms. The Morgan fingerprint density at radius 2 is 1.07 bits per heavy atom. The summed E-state index contributed by atoms with van der Waals surface area (Å²) in [5, 5.41) is 0. The summed E-state index contributed by atoms with van der Waals surface area (Å²) in [6, 6.07) is 41.5. The zero-order valence-electron chi connectivity index (χ0n) is 36.1. The molecule has 7 aliphatic rings. The number of hydrogen-bond acceptors (Lipinski definition) is 2. The van der Waals surface area contributed by atoms with Gasteiger partial charge < -0.3 is 4.90 Å². The van der Waals surface area contributed by atoms with Crippen molar-refractivity contribution in [2.45, 2.75) is 144 Å². The van der Waals surface area contributed by atoms with Crippen LogP contribution in [0.15, 0.2) is 113 Å². The monoisotopic (exact) mass is 779 g/mol. The predicted molar refractivity (Wildman–Crippen MR) is 243 cm³/mol. The van der Waals surface area contributed by atoms with E-state index in [0.717, 1.165) is 23.7 Å². The molecule has 6 aliphatic carbocycles. The Hall–Kier alpha value is -3.75. The average Bonchev–Trinajstić information content (AvgIpc) is 3.74. The van der Waals surface area contributed by atoms with Crippen molar-refractivity contribution in [3.63, 3.8) is 0 Å². The maximum atomic E-state index is 2.66. The van der Waals surface area contributed by atoms with E-state index >= 15 is 0 Å². The molecule has 4 saturated carbocycles. The van der Waals surface area contributed by atoms with E-state index in [1.807, 2.05) is 0 Å². The van der Waals surface area contributed by atoms with Crippen LogP contribution in [0.3, 0.4) is 0 Å². The molecular formula is C56H61NS. The highest BCUT2D eigenvalue weighted by Crippen LogP contribution is 2.89. The molecule has 2 bridgehead atoms. The van der Waals surface area contributed by atoms with Gasteiger partial charge in [-0.05, 0) is 189 Å². The van der Waals surface area contributed by atoms with Crippen LogP contribution in [0.1, 0.15) is 140 Å². The molecule has 0 radical (unpaired) electrons. The van der Waals surface area contributed by atoms with E-state index in [9.17, 15) is 0 Å². The van der Waals surface area contributed by atoms with Crippen LogP contribution < -0.4 is 4.90 Å². The number of nitrogens with zero attached hydrogens (tertiary/aromatic N) is 1. The molecule has 0 aromatic heterocycles. The fourth-order valence-electron chi connectivity index (χ4n) is 15.1. The standard InChI is InChI=1S/C56H61NS/c1-51(2)22-24-53(5,6)44-30-37(18-20-41(44)51)57(38-19-21-42-45(31-38)54(7,8)25-23-52(42,3)4)39-29-40(35-14-10-9-11-15-35)50-47(32-39)58-46-17-13-12-16-43(46)56(50)48-27-34-26-36-28-49(56)55(36,48)33-34/h9-21,29-32,34,36,48-49H,22-28,33H2,1-8H3. The highest BCUT2D eigenvalue weighted by atomic mass is 32.2. The van der Waals surface area contributed by atoms with Crippen molar-refractivity contribution in [2.75, 3.05) is 4.90 Å². The fourth-order valence-corrected chi connectivity index (χ4v) is 16.4. The van der Waals surface area contributed by atoms with Gasteiger partial charge in [0.05, 0.1) is 0 Å². The molecule has 2 spiro atoms. The Kier molecular flexibility index (Phi) is 7.19. The highest BCUT2D eigenvalue weighted by molar-refractivity contribution is 7.99. The van der Waals surface area contributed by atoms with Crippen LogP contribution in [0.4, 0.5) is 17.1 Å². The molecule has 1 aliphatic heterocycles. The summed E-state index contributed by atoms with van der Waals surface area (Å²) in [5.41, 5.74) is 17.3. The van der Waals surface area contributed by atoms with Crippen molar-refractivity contribution in [1.82, 2.24) is 0 Å². The summed E-state index contributed by atoms with van der Waals surface area (Å²) >= 11 is 2.05. The molecule has 6 atom stereocenters. The Balaban J connectivity index is 1.13. The van der Waals surface area contributed by atoms with Crippen LogP contribution in [-0.4, -0.2) is 0 Å². The maximum absolute atomic E-state index is 2.66. The third kappa shape index (κ3) is 4.52. The summed E-state index contributed by atoms with van der Waals surface area (Å²) in [5.74, 6) is 3.40. The lowest BCUT2D eigenvalue weighted by Gasteiger charge is -2.78. The van der Waals surface area contributed by atoms with Gasteiger partial charge in [0.1, 0.15) is 0 Å². The molecule has 1 nitrogen and oxygen atoms in total. The second kappa shape index (κ2) is 11.5. The van der Waals surface area contributed by atoms with Crippen LogP contribution in [0.25, 0.3) is 11.1 Å². The lowest BCUT2D eigenvalue weighted by atomic mass is 9.26. The Bertz CT molecular complexity index is 2480. The zero-order valence-corrected chi connectivity index (χ0v) is 37.0. The second-order valence-corrected chi connectivity index (χ2v) is 23.8. The van der Waals surface area contributed by atoms with Crippen LogP contribution in [0.2, 0.25) is 0 Å². The lowest BCUT2D eigenvalue weighted by molar-refractivity contribution is -0.234. The van der Waals surface area contributed by atoms with Gasteiger partial charge in [0, 0.05) is 32.3 Å². The Labute approximate surface area is 352 Å². The molecule has 6 unspecified atom stereocenters. The number of fused-ring (bicyclic) bond motifs is 9. The topological polar surface area (TPSA) is 3.24 Å². The van der Waals surface area contributed by atoms with Crippen LogP contribution in [0, 0.1) is 29.1 Å². The normalized spacial score (nSPS) is 31.5. The predicted octanol–water partition coefficient (Wildman–Crippen LogP) is 15.3. The molecule has 2 heteroatoms. The van der Waals surface area contributed by atoms with Crippen molar-refractivity contribution in [2.24, 2.45) is 29.1 Å². The quantitative estimate of drug-likeness (QED) is 0.179. The van der Waals surface area contributed by atoms with E-state index < -0.39 is 0 Å². The van der Waals surface area contributed by atoms with Crippen LogP contribution >= 0.6 is 11.8 Å². The van der Waals surface area contributed by atoms with Crippen molar-refractivity contribution in [1.29, 1.82) is 0 Å². The van der Waals surface area contributed by atoms with E-state index in [-0.39, 0.29) is 27.1 Å². The smallest absolute Gasteiger partial charge is 0.0479 e. The van der Waals surface area contributed by atoms with Crippen molar-refractivity contribution < 1.29 is 0 Å². The van der Waals surface area contributed by atoms with E-state index in [4.69, 9.17) is 0 Å². The Morgan fingerprint density at radius 3 is 1.69 bits per heavy atom. The summed E-state index contributed by atoms with van der Waals surface area (Å²) < 4.78 is 0. The Morgan fingerprint density at radius 1 is 0.500 bits per heavy atom. The first-order valence-electron chi connectivity index (χ1n) is 22.8. The third-order valence-electron chi connectivity index (χ3n) is 18.1. The van der Waals surface area contributed by atoms with E-state index in [1.165, 1.54) is 112 Å². The van der Waals surface area contributed by atoms with Gasteiger partial charge in [-0.15, -0.1) is 0 Å². The number of benzene rings is 5. The lowest BCUT2D eigenvalue weighted by Crippen LogP contribution is -2.74. The summed E-state index contributed by atoms with van der Waals surface area (Å²) in [4.78, 5) is 5.64. The van der Waals surface area contributed by atoms with E-state index in [0.29, 0.717) is 5.41 Å². The SMILES string of the molecule is CC1(C)CCC(C)(C)c2cc(N(c3cc4c(c(-c5ccccc5)c3)C3(c5ccccc5S4)C4CC5CC6CC3C64C5)c3ccc4c(c3)C(C)(C)CCC4(C)C)ccc21.